The lowest BCUT2D eigenvalue weighted by atomic mass is 10.1. The molecule has 2 aromatic carbocycles. The van der Waals surface area contributed by atoms with Gasteiger partial charge < -0.3 is 25.0 Å². The molecule has 1 saturated heterocycles. The minimum absolute atomic E-state index is 0.302. The van der Waals surface area contributed by atoms with Crippen LogP contribution in [0.2, 0.25) is 0 Å². The fourth-order valence-electron chi connectivity index (χ4n) is 4.01. The SMILES string of the molecule is CCNC(=NCc1ccc2c(c1)OCO2)NCC1CCN(CCc2ccccc2)C1. The van der Waals surface area contributed by atoms with E-state index < -0.39 is 0 Å². The summed E-state index contributed by atoms with van der Waals surface area (Å²) in [6.07, 6.45) is 2.37. The summed E-state index contributed by atoms with van der Waals surface area (Å²) in [4.78, 5) is 7.33. The van der Waals surface area contributed by atoms with E-state index in [1.807, 2.05) is 18.2 Å². The molecule has 1 atom stereocenters. The molecule has 0 saturated carbocycles. The summed E-state index contributed by atoms with van der Waals surface area (Å²) >= 11 is 0. The Kier molecular flexibility index (Phi) is 7.08. The first-order valence-electron chi connectivity index (χ1n) is 11.0. The van der Waals surface area contributed by atoms with Gasteiger partial charge in [-0.2, -0.15) is 0 Å². The Labute approximate surface area is 179 Å². The lowest BCUT2D eigenvalue weighted by molar-refractivity contribution is 0.174. The molecule has 0 radical (unpaired) electrons. The van der Waals surface area contributed by atoms with E-state index in [2.05, 4.69) is 52.8 Å². The molecule has 0 aromatic heterocycles. The van der Waals surface area contributed by atoms with Gasteiger partial charge in [-0.15, -0.1) is 0 Å². The summed E-state index contributed by atoms with van der Waals surface area (Å²) < 4.78 is 10.8. The molecule has 0 amide bonds. The van der Waals surface area contributed by atoms with Crippen molar-refractivity contribution in [3.63, 3.8) is 0 Å². The Hall–Kier alpha value is -2.73. The van der Waals surface area contributed by atoms with Crippen LogP contribution in [0.3, 0.4) is 0 Å². The summed E-state index contributed by atoms with van der Waals surface area (Å²) in [6.45, 7) is 8.29. The zero-order chi connectivity index (χ0) is 20.6. The Bertz CT molecular complexity index is 840. The van der Waals surface area contributed by atoms with E-state index in [9.17, 15) is 0 Å². The number of ether oxygens (including phenoxy) is 2. The number of guanidine groups is 1. The number of rotatable bonds is 8. The van der Waals surface area contributed by atoms with Crippen molar-refractivity contribution in [1.29, 1.82) is 0 Å². The maximum Gasteiger partial charge on any atom is 0.231 e. The monoisotopic (exact) mass is 408 g/mol. The van der Waals surface area contributed by atoms with Crippen LogP contribution < -0.4 is 20.1 Å². The Balaban J connectivity index is 1.23. The number of fused-ring (bicyclic) bond motifs is 1. The first-order valence-corrected chi connectivity index (χ1v) is 11.0. The van der Waals surface area contributed by atoms with Crippen molar-refractivity contribution in [2.45, 2.75) is 26.3 Å². The zero-order valence-corrected chi connectivity index (χ0v) is 17.8. The number of nitrogens with zero attached hydrogens (tertiary/aromatic N) is 2. The first kappa shape index (κ1) is 20.5. The van der Waals surface area contributed by atoms with Crippen molar-refractivity contribution in [3.05, 3.63) is 59.7 Å². The molecule has 1 unspecified atom stereocenters. The normalized spacial score (nSPS) is 18.6. The molecule has 2 aliphatic heterocycles. The zero-order valence-electron chi connectivity index (χ0n) is 17.8. The number of nitrogens with one attached hydrogen (secondary N) is 2. The molecule has 2 heterocycles. The highest BCUT2D eigenvalue weighted by Gasteiger charge is 2.22. The highest BCUT2D eigenvalue weighted by Crippen LogP contribution is 2.32. The fourth-order valence-corrected chi connectivity index (χ4v) is 4.01. The van der Waals surface area contributed by atoms with E-state index in [-0.39, 0.29) is 0 Å². The van der Waals surface area contributed by atoms with Crippen LogP contribution in [0.5, 0.6) is 11.5 Å². The predicted octanol–water partition coefficient (Wildman–Crippen LogP) is 3.04. The van der Waals surface area contributed by atoms with Crippen molar-refractivity contribution < 1.29 is 9.47 Å². The standard InChI is InChI=1S/C24H32N4O2/c1-2-25-24(26-15-20-8-9-22-23(14-20)30-18-29-22)27-16-21-11-13-28(17-21)12-10-19-6-4-3-5-7-19/h3-9,14,21H,2,10-13,15-18H2,1H3,(H2,25,26,27). The Morgan fingerprint density at radius 2 is 1.93 bits per heavy atom. The molecule has 2 aliphatic rings. The molecule has 4 rings (SSSR count). The number of hydrogen-bond donors (Lipinski definition) is 2. The molecule has 6 heteroatoms. The smallest absolute Gasteiger partial charge is 0.231 e. The summed E-state index contributed by atoms with van der Waals surface area (Å²) in [6, 6.07) is 16.8. The molecule has 2 aromatic rings. The van der Waals surface area contributed by atoms with Gasteiger partial charge in [-0.1, -0.05) is 36.4 Å². The molecule has 1 fully saturated rings. The van der Waals surface area contributed by atoms with E-state index in [4.69, 9.17) is 14.5 Å². The van der Waals surface area contributed by atoms with Crippen LogP contribution in [0.25, 0.3) is 0 Å². The van der Waals surface area contributed by atoms with Gasteiger partial charge in [0.15, 0.2) is 17.5 Å². The van der Waals surface area contributed by atoms with E-state index in [0.29, 0.717) is 19.3 Å². The van der Waals surface area contributed by atoms with Crippen LogP contribution in [0.15, 0.2) is 53.5 Å². The summed E-state index contributed by atoms with van der Waals surface area (Å²) in [5.41, 5.74) is 2.54. The van der Waals surface area contributed by atoms with Gasteiger partial charge in [0.05, 0.1) is 6.54 Å². The lowest BCUT2D eigenvalue weighted by Gasteiger charge is -2.17. The number of hydrogen-bond acceptors (Lipinski definition) is 4. The number of likely N-dealkylation sites (tertiary alicyclic amines) is 1. The minimum Gasteiger partial charge on any atom is -0.454 e. The van der Waals surface area contributed by atoms with Gasteiger partial charge in [0.1, 0.15) is 0 Å². The van der Waals surface area contributed by atoms with Gasteiger partial charge in [0.25, 0.3) is 0 Å². The highest BCUT2D eigenvalue weighted by molar-refractivity contribution is 5.79. The largest absolute Gasteiger partial charge is 0.454 e. The summed E-state index contributed by atoms with van der Waals surface area (Å²) in [5, 5.41) is 6.89. The molecule has 0 spiro atoms. The van der Waals surface area contributed by atoms with Gasteiger partial charge >= 0.3 is 0 Å². The second-order valence-electron chi connectivity index (χ2n) is 7.95. The van der Waals surface area contributed by atoms with Crippen LogP contribution in [-0.4, -0.2) is 50.4 Å². The first-order chi connectivity index (χ1) is 14.8. The van der Waals surface area contributed by atoms with E-state index in [1.54, 1.807) is 0 Å². The maximum atomic E-state index is 5.46. The van der Waals surface area contributed by atoms with E-state index >= 15 is 0 Å². The summed E-state index contributed by atoms with van der Waals surface area (Å²) in [5.74, 6) is 3.15. The lowest BCUT2D eigenvalue weighted by Crippen LogP contribution is -2.40. The Morgan fingerprint density at radius 1 is 1.07 bits per heavy atom. The van der Waals surface area contributed by atoms with Gasteiger partial charge in [-0.05, 0) is 55.5 Å². The van der Waals surface area contributed by atoms with E-state index in [0.717, 1.165) is 55.6 Å². The molecular formula is C24H32N4O2. The topological polar surface area (TPSA) is 58.1 Å². The Morgan fingerprint density at radius 3 is 2.80 bits per heavy atom. The summed E-state index contributed by atoms with van der Waals surface area (Å²) in [7, 11) is 0. The number of aliphatic imine (C=N–C) groups is 1. The van der Waals surface area contributed by atoms with Crippen molar-refractivity contribution in [3.8, 4) is 11.5 Å². The third-order valence-corrected chi connectivity index (χ3v) is 5.69. The van der Waals surface area contributed by atoms with Gasteiger partial charge in [0.2, 0.25) is 6.79 Å². The van der Waals surface area contributed by atoms with Gasteiger partial charge in [0, 0.05) is 26.2 Å². The van der Waals surface area contributed by atoms with Crippen molar-refractivity contribution in [1.82, 2.24) is 15.5 Å². The second-order valence-corrected chi connectivity index (χ2v) is 7.95. The minimum atomic E-state index is 0.302. The molecule has 30 heavy (non-hydrogen) atoms. The van der Waals surface area contributed by atoms with Crippen LogP contribution in [0.1, 0.15) is 24.5 Å². The quantitative estimate of drug-likeness (QED) is 0.519. The fraction of sp³-hybridized carbons (Fsp3) is 0.458. The molecular weight excluding hydrogens is 376 g/mol. The number of benzene rings is 2. The molecule has 160 valence electrons. The van der Waals surface area contributed by atoms with Crippen LogP contribution >= 0.6 is 0 Å². The van der Waals surface area contributed by atoms with E-state index in [1.165, 1.54) is 18.5 Å². The third-order valence-electron chi connectivity index (χ3n) is 5.69. The van der Waals surface area contributed by atoms with Crippen molar-refractivity contribution in [2.24, 2.45) is 10.9 Å². The molecule has 0 bridgehead atoms. The second kappa shape index (κ2) is 10.3. The maximum absolute atomic E-state index is 5.46. The van der Waals surface area contributed by atoms with Crippen LogP contribution in [-0.2, 0) is 13.0 Å². The van der Waals surface area contributed by atoms with Crippen LogP contribution in [0, 0.1) is 5.92 Å². The van der Waals surface area contributed by atoms with Crippen molar-refractivity contribution >= 4 is 5.96 Å². The van der Waals surface area contributed by atoms with Gasteiger partial charge in [-0.25, -0.2) is 4.99 Å². The predicted molar refractivity (Wildman–Crippen MR) is 120 cm³/mol. The third kappa shape index (κ3) is 5.66. The van der Waals surface area contributed by atoms with Crippen molar-refractivity contribution in [2.75, 3.05) is 39.5 Å². The van der Waals surface area contributed by atoms with Gasteiger partial charge in [-0.3, -0.25) is 0 Å². The highest BCUT2D eigenvalue weighted by atomic mass is 16.7. The van der Waals surface area contributed by atoms with Crippen LogP contribution in [0.4, 0.5) is 0 Å². The average Bonchev–Trinajstić information content (AvgIpc) is 3.44. The average molecular weight is 409 g/mol. The molecule has 2 N–H and O–H groups in total. The molecule has 0 aliphatic carbocycles. The molecule has 6 nitrogen and oxygen atoms in total.